The number of hydrogen-bond acceptors (Lipinski definition) is 5. The molecule has 0 radical (unpaired) electrons. The highest BCUT2D eigenvalue weighted by atomic mass is 16.5. The van der Waals surface area contributed by atoms with Crippen molar-refractivity contribution in [2.45, 2.75) is 31.5 Å². The van der Waals surface area contributed by atoms with Gasteiger partial charge in [0, 0.05) is 57.9 Å². The summed E-state index contributed by atoms with van der Waals surface area (Å²) in [6, 6.07) is 10.4. The van der Waals surface area contributed by atoms with E-state index in [-0.39, 0.29) is 5.60 Å². The molecule has 5 heteroatoms. The van der Waals surface area contributed by atoms with E-state index in [0.29, 0.717) is 0 Å². The van der Waals surface area contributed by atoms with Crippen LogP contribution in [0.4, 0.5) is 0 Å². The SMILES string of the molecule is c1ccc(CN2CCOC3(CCN(Cc4ccncc4)CC3)C2)nc1. The minimum atomic E-state index is 0.0295. The lowest BCUT2D eigenvalue weighted by molar-refractivity contribution is -0.138. The Labute approximate surface area is 149 Å². The fourth-order valence-corrected chi connectivity index (χ4v) is 3.95. The van der Waals surface area contributed by atoms with E-state index in [1.165, 1.54) is 5.56 Å². The van der Waals surface area contributed by atoms with Crippen LogP contribution >= 0.6 is 0 Å². The molecule has 2 fully saturated rings. The third-order valence-electron chi connectivity index (χ3n) is 5.36. The maximum atomic E-state index is 6.27. The van der Waals surface area contributed by atoms with Crippen LogP contribution in [0.15, 0.2) is 48.9 Å². The zero-order valence-electron chi connectivity index (χ0n) is 14.7. The van der Waals surface area contributed by atoms with Crippen LogP contribution in [0.5, 0.6) is 0 Å². The molecule has 132 valence electrons. The van der Waals surface area contributed by atoms with Crippen molar-refractivity contribution in [2.75, 3.05) is 32.8 Å². The molecule has 2 saturated heterocycles. The number of aromatic nitrogens is 2. The van der Waals surface area contributed by atoms with Crippen molar-refractivity contribution in [3.63, 3.8) is 0 Å². The van der Waals surface area contributed by atoms with Crippen molar-refractivity contribution in [3.05, 3.63) is 60.2 Å². The second-order valence-corrected chi connectivity index (χ2v) is 7.19. The van der Waals surface area contributed by atoms with Gasteiger partial charge in [0.15, 0.2) is 0 Å². The standard InChI is InChI=1S/C20H26N4O/c1-2-8-22-19(3-1)16-24-13-14-25-20(17-24)6-11-23(12-7-20)15-18-4-9-21-10-5-18/h1-5,8-10H,6-7,11-17H2. The molecule has 2 aromatic heterocycles. The predicted octanol–water partition coefficient (Wildman–Crippen LogP) is 2.34. The molecule has 0 N–H and O–H groups in total. The normalized spacial score (nSPS) is 21.4. The Morgan fingerprint density at radius 3 is 2.52 bits per heavy atom. The lowest BCUT2D eigenvalue weighted by atomic mass is 9.89. The molecule has 5 nitrogen and oxygen atoms in total. The summed E-state index contributed by atoms with van der Waals surface area (Å²) in [6.07, 6.45) is 7.85. The predicted molar refractivity (Wildman–Crippen MR) is 96.9 cm³/mol. The summed E-state index contributed by atoms with van der Waals surface area (Å²) < 4.78 is 6.27. The second-order valence-electron chi connectivity index (χ2n) is 7.19. The Balaban J connectivity index is 1.32. The van der Waals surface area contributed by atoms with E-state index in [0.717, 1.165) is 64.4 Å². The maximum absolute atomic E-state index is 6.27. The lowest BCUT2D eigenvalue weighted by Gasteiger charge is -2.47. The van der Waals surface area contributed by atoms with Gasteiger partial charge in [0.1, 0.15) is 0 Å². The molecule has 0 unspecified atom stereocenters. The number of nitrogens with zero attached hydrogens (tertiary/aromatic N) is 4. The smallest absolute Gasteiger partial charge is 0.0833 e. The minimum Gasteiger partial charge on any atom is -0.372 e. The van der Waals surface area contributed by atoms with E-state index < -0.39 is 0 Å². The van der Waals surface area contributed by atoms with Gasteiger partial charge in [-0.1, -0.05) is 6.07 Å². The summed E-state index contributed by atoms with van der Waals surface area (Å²) in [5.41, 5.74) is 2.52. The Hall–Kier alpha value is -1.82. The van der Waals surface area contributed by atoms with Crippen LogP contribution in [-0.2, 0) is 17.8 Å². The molecule has 2 aliphatic rings. The highest BCUT2D eigenvalue weighted by Gasteiger charge is 2.39. The van der Waals surface area contributed by atoms with Crippen LogP contribution < -0.4 is 0 Å². The number of morpholine rings is 1. The van der Waals surface area contributed by atoms with Crippen molar-refractivity contribution >= 4 is 0 Å². The van der Waals surface area contributed by atoms with E-state index in [1.54, 1.807) is 0 Å². The first kappa shape index (κ1) is 16.6. The van der Waals surface area contributed by atoms with Gasteiger partial charge in [0.05, 0.1) is 17.9 Å². The number of rotatable bonds is 4. The van der Waals surface area contributed by atoms with Gasteiger partial charge < -0.3 is 4.74 Å². The highest BCUT2D eigenvalue weighted by Crippen LogP contribution is 2.31. The zero-order chi connectivity index (χ0) is 17.0. The summed E-state index contributed by atoms with van der Waals surface area (Å²) in [5, 5.41) is 0. The van der Waals surface area contributed by atoms with Gasteiger partial charge in [-0.05, 0) is 42.7 Å². The van der Waals surface area contributed by atoms with Crippen molar-refractivity contribution in [1.29, 1.82) is 0 Å². The summed E-state index contributed by atoms with van der Waals surface area (Å²) in [5.74, 6) is 0. The Morgan fingerprint density at radius 2 is 1.76 bits per heavy atom. The van der Waals surface area contributed by atoms with Gasteiger partial charge in [0.2, 0.25) is 0 Å². The molecule has 25 heavy (non-hydrogen) atoms. The largest absolute Gasteiger partial charge is 0.372 e. The van der Waals surface area contributed by atoms with Gasteiger partial charge in [0.25, 0.3) is 0 Å². The van der Waals surface area contributed by atoms with E-state index >= 15 is 0 Å². The molecule has 0 aliphatic carbocycles. The third-order valence-corrected chi connectivity index (χ3v) is 5.36. The van der Waals surface area contributed by atoms with Crippen molar-refractivity contribution in [3.8, 4) is 0 Å². The van der Waals surface area contributed by atoms with Gasteiger partial charge >= 0.3 is 0 Å². The topological polar surface area (TPSA) is 41.5 Å². The maximum Gasteiger partial charge on any atom is 0.0833 e. The summed E-state index contributed by atoms with van der Waals surface area (Å²) in [6.45, 7) is 6.98. The Morgan fingerprint density at radius 1 is 0.920 bits per heavy atom. The third kappa shape index (κ3) is 4.24. The van der Waals surface area contributed by atoms with Crippen molar-refractivity contribution < 1.29 is 4.74 Å². The molecule has 4 heterocycles. The first-order chi connectivity index (χ1) is 12.3. The zero-order valence-corrected chi connectivity index (χ0v) is 14.7. The van der Waals surface area contributed by atoms with E-state index in [2.05, 4.69) is 44.0 Å². The van der Waals surface area contributed by atoms with Crippen LogP contribution in [0.25, 0.3) is 0 Å². The molecular weight excluding hydrogens is 312 g/mol. The molecule has 2 aliphatic heterocycles. The summed E-state index contributed by atoms with van der Waals surface area (Å²) in [4.78, 5) is 13.6. The second kappa shape index (κ2) is 7.60. The molecule has 0 amide bonds. The average molecular weight is 338 g/mol. The molecule has 2 aromatic rings. The molecule has 0 saturated carbocycles. The van der Waals surface area contributed by atoms with Gasteiger partial charge in [-0.3, -0.25) is 19.8 Å². The monoisotopic (exact) mass is 338 g/mol. The molecule has 0 bridgehead atoms. The lowest BCUT2D eigenvalue weighted by Crippen LogP contribution is -2.56. The molecule has 1 spiro atoms. The number of likely N-dealkylation sites (tertiary alicyclic amines) is 1. The van der Waals surface area contributed by atoms with Gasteiger partial charge in [-0.25, -0.2) is 0 Å². The number of hydrogen-bond donors (Lipinski definition) is 0. The van der Waals surface area contributed by atoms with Crippen LogP contribution in [0.1, 0.15) is 24.1 Å². The number of piperidine rings is 1. The minimum absolute atomic E-state index is 0.0295. The summed E-state index contributed by atoms with van der Waals surface area (Å²) in [7, 11) is 0. The average Bonchev–Trinajstić information content (AvgIpc) is 2.66. The molecule has 4 rings (SSSR count). The fraction of sp³-hybridized carbons (Fsp3) is 0.500. The van der Waals surface area contributed by atoms with Gasteiger partial charge in [-0.2, -0.15) is 0 Å². The first-order valence-corrected chi connectivity index (χ1v) is 9.19. The van der Waals surface area contributed by atoms with E-state index in [1.807, 2.05) is 24.7 Å². The Kier molecular flexibility index (Phi) is 5.06. The van der Waals surface area contributed by atoms with Crippen LogP contribution in [0.3, 0.4) is 0 Å². The number of pyridine rings is 2. The fourth-order valence-electron chi connectivity index (χ4n) is 3.95. The van der Waals surface area contributed by atoms with Crippen LogP contribution in [-0.4, -0.2) is 58.2 Å². The molecule has 0 atom stereocenters. The highest BCUT2D eigenvalue weighted by molar-refractivity contribution is 5.10. The van der Waals surface area contributed by atoms with E-state index in [4.69, 9.17) is 4.74 Å². The number of ether oxygens (including phenoxy) is 1. The Bertz CT molecular complexity index is 656. The van der Waals surface area contributed by atoms with Crippen molar-refractivity contribution in [2.24, 2.45) is 0 Å². The van der Waals surface area contributed by atoms with E-state index in [9.17, 15) is 0 Å². The first-order valence-electron chi connectivity index (χ1n) is 9.19. The quantitative estimate of drug-likeness (QED) is 0.856. The van der Waals surface area contributed by atoms with Gasteiger partial charge in [-0.15, -0.1) is 0 Å². The molecular formula is C20H26N4O. The van der Waals surface area contributed by atoms with Crippen LogP contribution in [0.2, 0.25) is 0 Å². The van der Waals surface area contributed by atoms with Crippen molar-refractivity contribution in [1.82, 2.24) is 19.8 Å². The molecule has 0 aromatic carbocycles. The van der Waals surface area contributed by atoms with Crippen LogP contribution in [0, 0.1) is 0 Å². The summed E-state index contributed by atoms with van der Waals surface area (Å²) >= 11 is 0.